The summed E-state index contributed by atoms with van der Waals surface area (Å²) in [7, 11) is 0. The topological polar surface area (TPSA) is 92.4 Å². The van der Waals surface area contributed by atoms with Crippen LogP contribution in [-0.2, 0) is 4.79 Å². The summed E-state index contributed by atoms with van der Waals surface area (Å²) in [6.45, 7) is 3.38. The van der Waals surface area contributed by atoms with E-state index in [2.05, 4.69) is 11.9 Å². The highest BCUT2D eigenvalue weighted by Gasteiger charge is 2.16. The molecule has 1 aromatic rings. The van der Waals surface area contributed by atoms with Crippen LogP contribution < -0.4 is 11.1 Å². The summed E-state index contributed by atoms with van der Waals surface area (Å²) in [5, 5.41) is 11.3. The average molecular weight is 241 g/mol. The third-order valence-electron chi connectivity index (χ3n) is 1.83. The van der Waals surface area contributed by atoms with Crippen molar-refractivity contribution in [1.82, 2.24) is 0 Å². The summed E-state index contributed by atoms with van der Waals surface area (Å²) in [4.78, 5) is 21.5. The Morgan fingerprint density at radius 2 is 2.06 bits per heavy atom. The lowest BCUT2D eigenvalue weighted by Crippen LogP contribution is -2.20. The lowest BCUT2D eigenvalue weighted by molar-refractivity contribution is -0.130. The number of carbonyl (C=O) groups excluding carboxylic acids is 1. The fraction of sp³-hybridized carbons (Fsp3) is 0. The van der Waals surface area contributed by atoms with Gasteiger partial charge in [-0.15, -0.1) is 0 Å². The number of nitrogens with two attached hydrogens (primary N) is 1. The molecule has 0 fully saturated rings. The van der Waals surface area contributed by atoms with E-state index >= 15 is 0 Å². The van der Waals surface area contributed by atoms with Crippen molar-refractivity contribution in [1.29, 1.82) is 0 Å². The standard InChI is InChI=1S/C10H9ClN2O3/c1-5(9(14)15)8-6(11)3-2-4-7(8)13-10(12)16/h2-4H,1H2,(H,14,15)(H3,12,13,16). The highest BCUT2D eigenvalue weighted by atomic mass is 35.5. The summed E-state index contributed by atoms with van der Waals surface area (Å²) < 4.78 is 0. The summed E-state index contributed by atoms with van der Waals surface area (Å²) in [5.41, 5.74) is 5.10. The molecule has 0 aliphatic rings. The second kappa shape index (κ2) is 4.67. The van der Waals surface area contributed by atoms with Gasteiger partial charge in [0.1, 0.15) is 0 Å². The normalized spacial score (nSPS) is 9.56. The van der Waals surface area contributed by atoms with Gasteiger partial charge in [-0.25, -0.2) is 9.59 Å². The second-order valence-electron chi connectivity index (χ2n) is 2.94. The van der Waals surface area contributed by atoms with Gasteiger partial charge in [-0.2, -0.15) is 0 Å². The number of urea groups is 1. The minimum Gasteiger partial charge on any atom is -0.478 e. The molecule has 6 heteroatoms. The van der Waals surface area contributed by atoms with Crippen molar-refractivity contribution in [3.8, 4) is 0 Å². The molecule has 0 saturated carbocycles. The molecule has 0 aliphatic heterocycles. The number of aliphatic carboxylic acids is 1. The van der Waals surface area contributed by atoms with Crippen LogP contribution in [0.3, 0.4) is 0 Å². The fourth-order valence-electron chi connectivity index (χ4n) is 1.17. The molecule has 1 aromatic carbocycles. The average Bonchev–Trinajstić information content (AvgIpc) is 2.16. The molecular formula is C10H9ClN2O3. The molecule has 0 atom stereocenters. The number of anilines is 1. The summed E-state index contributed by atoms with van der Waals surface area (Å²) in [6.07, 6.45) is 0. The first-order valence-corrected chi connectivity index (χ1v) is 4.59. The molecule has 0 aromatic heterocycles. The number of primary amides is 1. The summed E-state index contributed by atoms with van der Waals surface area (Å²) >= 11 is 5.84. The second-order valence-corrected chi connectivity index (χ2v) is 3.34. The number of carboxylic acids is 1. The number of hydrogen-bond acceptors (Lipinski definition) is 2. The Balaban J connectivity index is 3.28. The number of hydrogen-bond donors (Lipinski definition) is 3. The zero-order chi connectivity index (χ0) is 12.3. The maximum atomic E-state index is 10.8. The van der Waals surface area contributed by atoms with Crippen LogP contribution in [-0.4, -0.2) is 17.1 Å². The van der Waals surface area contributed by atoms with Crippen molar-refractivity contribution in [3.05, 3.63) is 35.4 Å². The highest BCUT2D eigenvalue weighted by molar-refractivity contribution is 6.35. The zero-order valence-corrected chi connectivity index (χ0v) is 8.91. The lowest BCUT2D eigenvalue weighted by atomic mass is 10.1. The first-order valence-electron chi connectivity index (χ1n) is 4.21. The molecule has 84 valence electrons. The Morgan fingerprint density at radius 1 is 1.44 bits per heavy atom. The van der Waals surface area contributed by atoms with Gasteiger partial charge in [0, 0.05) is 5.56 Å². The molecule has 0 radical (unpaired) electrons. The lowest BCUT2D eigenvalue weighted by Gasteiger charge is -2.10. The van der Waals surface area contributed by atoms with Gasteiger partial charge < -0.3 is 16.2 Å². The Bertz CT molecular complexity index is 471. The SMILES string of the molecule is C=C(C(=O)O)c1c(Cl)cccc1NC(N)=O. The maximum Gasteiger partial charge on any atom is 0.335 e. The number of benzene rings is 1. The Labute approximate surface area is 96.5 Å². The molecule has 5 nitrogen and oxygen atoms in total. The summed E-state index contributed by atoms with van der Waals surface area (Å²) in [5.74, 6) is -1.22. The van der Waals surface area contributed by atoms with Gasteiger partial charge in [0.2, 0.25) is 0 Å². The maximum absolute atomic E-state index is 10.8. The molecule has 0 saturated heterocycles. The predicted octanol–water partition coefficient (Wildman–Crippen LogP) is 1.93. The van der Waals surface area contributed by atoms with Crippen LogP contribution in [0.1, 0.15) is 5.56 Å². The van der Waals surface area contributed by atoms with Crippen molar-refractivity contribution in [2.45, 2.75) is 0 Å². The number of rotatable bonds is 3. The predicted molar refractivity (Wildman–Crippen MR) is 61.3 cm³/mol. The molecule has 2 amide bonds. The van der Waals surface area contributed by atoms with E-state index in [1.165, 1.54) is 12.1 Å². The zero-order valence-electron chi connectivity index (χ0n) is 8.16. The Hall–Kier alpha value is -2.01. The van der Waals surface area contributed by atoms with Gasteiger partial charge in [0.05, 0.1) is 16.3 Å². The number of halogens is 1. The van der Waals surface area contributed by atoms with Crippen LogP contribution in [0.4, 0.5) is 10.5 Å². The third-order valence-corrected chi connectivity index (χ3v) is 2.15. The van der Waals surface area contributed by atoms with Crippen LogP contribution in [0.5, 0.6) is 0 Å². The summed E-state index contributed by atoms with van der Waals surface area (Å²) in [6, 6.07) is 3.74. The van der Waals surface area contributed by atoms with Crippen LogP contribution >= 0.6 is 11.6 Å². The Morgan fingerprint density at radius 3 is 2.56 bits per heavy atom. The van der Waals surface area contributed by atoms with E-state index in [-0.39, 0.29) is 21.8 Å². The quantitative estimate of drug-likeness (QED) is 0.705. The first kappa shape index (κ1) is 12.1. The van der Waals surface area contributed by atoms with Gasteiger partial charge in [0.15, 0.2) is 0 Å². The monoisotopic (exact) mass is 240 g/mol. The van der Waals surface area contributed by atoms with Gasteiger partial charge >= 0.3 is 12.0 Å². The smallest absolute Gasteiger partial charge is 0.335 e. The van der Waals surface area contributed by atoms with E-state index in [1.807, 2.05) is 0 Å². The third kappa shape index (κ3) is 2.52. The van der Waals surface area contributed by atoms with Crippen LogP contribution in [0.2, 0.25) is 5.02 Å². The molecule has 0 aliphatic carbocycles. The van der Waals surface area contributed by atoms with E-state index < -0.39 is 12.0 Å². The number of carboxylic acid groups (broad SMARTS) is 1. The number of amides is 2. The number of nitrogens with one attached hydrogen (secondary N) is 1. The number of carbonyl (C=O) groups is 2. The molecule has 4 N–H and O–H groups in total. The first-order chi connectivity index (χ1) is 7.43. The molecule has 0 spiro atoms. The minimum absolute atomic E-state index is 0.149. The van der Waals surface area contributed by atoms with E-state index in [0.29, 0.717) is 0 Å². The van der Waals surface area contributed by atoms with Crippen molar-refractivity contribution in [3.63, 3.8) is 0 Å². The molecule has 0 heterocycles. The molecular weight excluding hydrogens is 232 g/mol. The van der Waals surface area contributed by atoms with E-state index in [1.54, 1.807) is 6.07 Å². The van der Waals surface area contributed by atoms with Gasteiger partial charge in [-0.1, -0.05) is 24.2 Å². The Kier molecular flexibility index (Phi) is 3.52. The van der Waals surface area contributed by atoms with Crippen LogP contribution in [0, 0.1) is 0 Å². The van der Waals surface area contributed by atoms with E-state index in [4.69, 9.17) is 22.4 Å². The van der Waals surface area contributed by atoms with Gasteiger partial charge in [0.25, 0.3) is 0 Å². The molecule has 0 bridgehead atoms. The van der Waals surface area contributed by atoms with E-state index in [0.717, 1.165) is 0 Å². The molecule has 1 rings (SSSR count). The van der Waals surface area contributed by atoms with Crippen molar-refractivity contribution in [2.24, 2.45) is 5.73 Å². The minimum atomic E-state index is -1.22. The van der Waals surface area contributed by atoms with Crippen LogP contribution in [0.25, 0.3) is 5.57 Å². The van der Waals surface area contributed by atoms with Crippen molar-refractivity contribution in [2.75, 3.05) is 5.32 Å². The largest absolute Gasteiger partial charge is 0.478 e. The van der Waals surface area contributed by atoms with Crippen molar-refractivity contribution >= 4 is 34.9 Å². The molecule has 0 unspecified atom stereocenters. The fourth-order valence-corrected chi connectivity index (χ4v) is 1.46. The van der Waals surface area contributed by atoms with Gasteiger partial charge in [-0.05, 0) is 12.1 Å². The van der Waals surface area contributed by atoms with Crippen LogP contribution in [0.15, 0.2) is 24.8 Å². The van der Waals surface area contributed by atoms with E-state index in [9.17, 15) is 9.59 Å². The highest BCUT2D eigenvalue weighted by Crippen LogP contribution is 2.30. The van der Waals surface area contributed by atoms with Gasteiger partial charge in [-0.3, -0.25) is 0 Å². The molecule has 16 heavy (non-hydrogen) atoms. The van der Waals surface area contributed by atoms with Crippen molar-refractivity contribution < 1.29 is 14.7 Å².